The zero-order chi connectivity index (χ0) is 21.3. The van der Waals surface area contributed by atoms with Crippen molar-refractivity contribution in [2.24, 2.45) is 5.92 Å². The molecule has 0 aromatic heterocycles. The van der Waals surface area contributed by atoms with Gasteiger partial charge in [-0.15, -0.1) is 0 Å². The van der Waals surface area contributed by atoms with Crippen LogP contribution < -0.4 is 5.32 Å². The number of rotatable bonds is 3. The highest BCUT2D eigenvalue weighted by atomic mass is 16.6. The van der Waals surface area contributed by atoms with Crippen LogP contribution in [0.2, 0.25) is 0 Å². The summed E-state index contributed by atoms with van der Waals surface area (Å²) in [5.41, 5.74) is 0.647. The molecule has 30 heavy (non-hydrogen) atoms. The van der Waals surface area contributed by atoms with Gasteiger partial charge in [0.2, 0.25) is 5.91 Å². The molecule has 1 aromatic carbocycles. The average Bonchev–Trinajstić information content (AvgIpc) is 3.04. The number of nitrogens with zero attached hydrogens (tertiary/aromatic N) is 1. The topological polar surface area (TPSA) is 75.7 Å². The Kier molecular flexibility index (Phi) is 5.85. The van der Waals surface area contributed by atoms with Gasteiger partial charge in [-0.25, -0.2) is 0 Å². The predicted octanol–water partition coefficient (Wildman–Crippen LogP) is 4.29. The molecule has 2 heterocycles. The summed E-state index contributed by atoms with van der Waals surface area (Å²) >= 11 is 0. The molecule has 4 rings (SSSR count). The largest absolute Gasteiger partial charge is 0.458 e. The summed E-state index contributed by atoms with van der Waals surface area (Å²) in [6.45, 7) is 4.21. The lowest BCUT2D eigenvalue weighted by Crippen LogP contribution is -2.47. The Morgan fingerprint density at radius 3 is 2.27 bits per heavy atom. The Labute approximate surface area is 178 Å². The lowest BCUT2D eigenvalue weighted by Gasteiger charge is -2.39. The summed E-state index contributed by atoms with van der Waals surface area (Å²) in [5, 5.41) is 2.94. The molecule has 6 heteroatoms. The normalized spacial score (nSPS) is 28.3. The molecule has 0 bridgehead atoms. The van der Waals surface area contributed by atoms with Gasteiger partial charge in [-0.3, -0.25) is 14.4 Å². The minimum absolute atomic E-state index is 0.0449. The van der Waals surface area contributed by atoms with E-state index < -0.39 is 11.5 Å². The van der Waals surface area contributed by atoms with Crippen LogP contribution in [0.15, 0.2) is 24.3 Å². The van der Waals surface area contributed by atoms with Crippen LogP contribution in [0.4, 0.5) is 5.69 Å². The van der Waals surface area contributed by atoms with Gasteiger partial charge in [-0.05, 0) is 83.1 Å². The van der Waals surface area contributed by atoms with Gasteiger partial charge >= 0.3 is 5.97 Å². The highest BCUT2D eigenvalue weighted by molar-refractivity contribution is 5.98. The van der Waals surface area contributed by atoms with E-state index in [2.05, 4.69) is 19.2 Å². The van der Waals surface area contributed by atoms with E-state index in [1.807, 2.05) is 4.90 Å². The Morgan fingerprint density at radius 1 is 1.00 bits per heavy atom. The summed E-state index contributed by atoms with van der Waals surface area (Å²) in [4.78, 5) is 39.9. The number of likely N-dealkylation sites (tertiary alicyclic amines) is 1. The number of hydrogen-bond acceptors (Lipinski definition) is 4. The molecule has 2 amide bonds. The minimum atomic E-state index is -0.629. The number of anilines is 1. The molecule has 6 nitrogen and oxygen atoms in total. The van der Waals surface area contributed by atoms with Crippen molar-refractivity contribution in [3.8, 4) is 0 Å². The van der Waals surface area contributed by atoms with Gasteiger partial charge < -0.3 is 15.0 Å². The molecule has 3 atom stereocenters. The van der Waals surface area contributed by atoms with Crippen molar-refractivity contribution in [3.05, 3.63) is 29.8 Å². The summed E-state index contributed by atoms with van der Waals surface area (Å²) in [7, 11) is 0. The molecule has 162 valence electrons. The molecule has 2 saturated heterocycles. The van der Waals surface area contributed by atoms with Crippen LogP contribution in [0.1, 0.15) is 82.0 Å². The molecule has 1 aromatic rings. The number of ether oxygens (including phenoxy) is 1. The Balaban J connectivity index is 1.44. The highest BCUT2D eigenvalue weighted by Crippen LogP contribution is 2.44. The zero-order valence-electron chi connectivity index (χ0n) is 18.0. The molecule has 1 saturated carbocycles. The van der Waals surface area contributed by atoms with Crippen LogP contribution in [-0.4, -0.2) is 40.4 Å². The van der Waals surface area contributed by atoms with Crippen LogP contribution in [0.25, 0.3) is 0 Å². The Morgan fingerprint density at radius 2 is 1.63 bits per heavy atom. The number of carbonyl (C=O) groups excluding carboxylic acids is 3. The smallest absolute Gasteiger partial charge is 0.307 e. The molecule has 3 aliphatic rings. The quantitative estimate of drug-likeness (QED) is 0.751. The van der Waals surface area contributed by atoms with Crippen molar-refractivity contribution in [2.45, 2.75) is 89.3 Å². The van der Waals surface area contributed by atoms with Crippen LogP contribution >= 0.6 is 0 Å². The van der Waals surface area contributed by atoms with Gasteiger partial charge in [0.1, 0.15) is 5.60 Å². The number of esters is 1. The number of hydrogen-bond donors (Lipinski definition) is 1. The van der Waals surface area contributed by atoms with Crippen LogP contribution in [0, 0.1) is 5.92 Å². The standard InChI is InChI=1S/C24H32N2O4/c1-16-7-6-8-17(2)26(16)23(29)18-9-11-19(12-10-18)25-22(28)20-15-21(27)30-24(20)13-4-3-5-14-24/h9-12,16-17,20H,3-8,13-15H2,1-2H3,(H,25,28). The van der Waals surface area contributed by atoms with Gasteiger partial charge in [-0.1, -0.05) is 6.42 Å². The summed E-state index contributed by atoms with van der Waals surface area (Å²) in [6, 6.07) is 7.59. The second-order valence-electron chi connectivity index (χ2n) is 9.26. The molecular weight excluding hydrogens is 380 g/mol. The fraction of sp³-hybridized carbons (Fsp3) is 0.625. The molecular formula is C24H32N2O4. The van der Waals surface area contributed by atoms with E-state index in [9.17, 15) is 14.4 Å². The third-order valence-electron chi connectivity index (χ3n) is 7.17. The number of benzene rings is 1. The monoisotopic (exact) mass is 412 g/mol. The third kappa shape index (κ3) is 3.96. The van der Waals surface area contributed by atoms with E-state index in [1.54, 1.807) is 24.3 Å². The van der Waals surface area contributed by atoms with Crippen molar-refractivity contribution in [1.29, 1.82) is 0 Å². The summed E-state index contributed by atoms with van der Waals surface area (Å²) in [5.74, 6) is -0.840. The number of nitrogens with one attached hydrogen (secondary N) is 1. The van der Waals surface area contributed by atoms with E-state index >= 15 is 0 Å². The molecule has 3 unspecified atom stereocenters. The fourth-order valence-corrected chi connectivity index (χ4v) is 5.52. The van der Waals surface area contributed by atoms with Crippen LogP contribution in [0.3, 0.4) is 0 Å². The fourth-order valence-electron chi connectivity index (χ4n) is 5.52. The first-order valence-corrected chi connectivity index (χ1v) is 11.3. The summed E-state index contributed by atoms with van der Waals surface area (Å²) in [6.07, 6.45) is 7.99. The molecule has 3 fully saturated rings. The minimum Gasteiger partial charge on any atom is -0.458 e. The van der Waals surface area contributed by atoms with Crippen molar-refractivity contribution < 1.29 is 19.1 Å². The first-order chi connectivity index (χ1) is 14.4. The molecule has 0 radical (unpaired) electrons. The van der Waals surface area contributed by atoms with Gasteiger partial charge in [0, 0.05) is 23.3 Å². The number of amides is 2. The second kappa shape index (κ2) is 8.40. The highest BCUT2D eigenvalue weighted by Gasteiger charge is 2.52. The Hall–Kier alpha value is -2.37. The van der Waals surface area contributed by atoms with Crippen LogP contribution in [-0.2, 0) is 14.3 Å². The maximum absolute atomic E-state index is 13.0. The maximum atomic E-state index is 13.0. The maximum Gasteiger partial charge on any atom is 0.307 e. The first-order valence-electron chi connectivity index (χ1n) is 11.3. The van der Waals surface area contributed by atoms with Gasteiger partial charge in [-0.2, -0.15) is 0 Å². The number of carbonyl (C=O) groups is 3. The van der Waals surface area contributed by atoms with E-state index in [0.717, 1.165) is 51.4 Å². The average molecular weight is 413 g/mol. The zero-order valence-corrected chi connectivity index (χ0v) is 18.0. The lowest BCUT2D eigenvalue weighted by molar-refractivity contribution is -0.153. The molecule has 1 spiro atoms. The summed E-state index contributed by atoms with van der Waals surface area (Å²) < 4.78 is 5.65. The van der Waals surface area contributed by atoms with Crippen LogP contribution in [0.5, 0.6) is 0 Å². The van der Waals surface area contributed by atoms with E-state index in [-0.39, 0.29) is 36.3 Å². The second-order valence-corrected chi connectivity index (χ2v) is 9.26. The SMILES string of the molecule is CC1CCCC(C)N1C(=O)c1ccc(NC(=O)C2CC(=O)OC23CCCCC3)cc1. The van der Waals surface area contributed by atoms with E-state index in [0.29, 0.717) is 11.3 Å². The van der Waals surface area contributed by atoms with Gasteiger partial charge in [0.05, 0.1) is 12.3 Å². The predicted molar refractivity (Wildman–Crippen MR) is 114 cm³/mol. The third-order valence-corrected chi connectivity index (χ3v) is 7.17. The van der Waals surface area contributed by atoms with Gasteiger partial charge in [0.25, 0.3) is 5.91 Å². The van der Waals surface area contributed by atoms with Crippen molar-refractivity contribution >= 4 is 23.5 Å². The molecule has 2 aliphatic heterocycles. The van der Waals surface area contributed by atoms with Gasteiger partial charge in [0.15, 0.2) is 0 Å². The van der Waals surface area contributed by atoms with E-state index in [1.165, 1.54) is 0 Å². The van der Waals surface area contributed by atoms with Crippen molar-refractivity contribution in [2.75, 3.05) is 5.32 Å². The molecule has 1 N–H and O–H groups in total. The number of piperidine rings is 1. The lowest BCUT2D eigenvalue weighted by atomic mass is 9.75. The first kappa shape index (κ1) is 20.9. The Bertz CT molecular complexity index is 803. The van der Waals surface area contributed by atoms with E-state index in [4.69, 9.17) is 4.74 Å². The van der Waals surface area contributed by atoms with Crippen molar-refractivity contribution in [1.82, 2.24) is 4.90 Å². The molecule has 1 aliphatic carbocycles. The van der Waals surface area contributed by atoms with Crippen molar-refractivity contribution in [3.63, 3.8) is 0 Å².